The Labute approximate surface area is 81.3 Å². The van der Waals surface area contributed by atoms with E-state index in [0.29, 0.717) is 0 Å². The van der Waals surface area contributed by atoms with Crippen molar-refractivity contribution in [2.45, 2.75) is 50.7 Å². The lowest BCUT2D eigenvalue weighted by molar-refractivity contribution is -0.110. The molecule has 2 rings (SSSR count). The molecule has 0 unspecified atom stereocenters. The van der Waals surface area contributed by atoms with Crippen LogP contribution in [0.3, 0.4) is 0 Å². The molecule has 0 saturated carbocycles. The van der Waals surface area contributed by atoms with Crippen LogP contribution in [-0.2, 0) is 4.74 Å². The second-order valence-corrected chi connectivity index (χ2v) is 5.35. The Morgan fingerprint density at radius 1 is 1.00 bits per heavy atom. The highest BCUT2D eigenvalue weighted by Crippen LogP contribution is 2.43. The van der Waals surface area contributed by atoms with E-state index in [0.717, 1.165) is 0 Å². The number of hydrogen-bond acceptors (Lipinski definition) is 2. The highest BCUT2D eigenvalue weighted by atomic mass is 16.5. The summed E-state index contributed by atoms with van der Waals surface area (Å²) in [6.45, 7) is 6.85. The van der Waals surface area contributed by atoms with Gasteiger partial charge in [-0.1, -0.05) is 0 Å². The normalized spacial score (nSPS) is 32.5. The first-order chi connectivity index (χ1) is 6.02. The van der Waals surface area contributed by atoms with Crippen molar-refractivity contribution in [1.29, 1.82) is 0 Å². The van der Waals surface area contributed by atoms with Gasteiger partial charge in [0, 0.05) is 13.1 Å². The minimum atomic E-state index is 0.135. The van der Waals surface area contributed by atoms with Gasteiger partial charge in [-0.3, -0.25) is 0 Å². The Morgan fingerprint density at radius 2 is 1.62 bits per heavy atom. The van der Waals surface area contributed by atoms with Gasteiger partial charge in [0.2, 0.25) is 0 Å². The molecule has 13 heavy (non-hydrogen) atoms. The molecule has 0 amide bonds. The van der Waals surface area contributed by atoms with E-state index in [-0.39, 0.29) is 11.2 Å². The van der Waals surface area contributed by atoms with Gasteiger partial charge >= 0.3 is 0 Å². The molecule has 76 valence electrons. The van der Waals surface area contributed by atoms with Gasteiger partial charge in [0.25, 0.3) is 0 Å². The minimum absolute atomic E-state index is 0.135. The van der Waals surface area contributed by atoms with Crippen LogP contribution in [0.4, 0.5) is 0 Å². The fraction of sp³-hybridized carbons (Fsp3) is 1.00. The SMILES string of the molecule is CN1CCC2(CC1)CCC(C)(C)O2. The molecule has 0 aromatic carbocycles. The smallest absolute Gasteiger partial charge is 0.0715 e. The van der Waals surface area contributed by atoms with Gasteiger partial charge in [0.1, 0.15) is 0 Å². The zero-order chi connectivity index (χ0) is 9.53. The molecule has 0 bridgehead atoms. The molecule has 0 aliphatic carbocycles. The first-order valence-corrected chi connectivity index (χ1v) is 5.40. The third-order valence-corrected chi connectivity index (χ3v) is 3.57. The predicted molar refractivity (Wildman–Crippen MR) is 53.9 cm³/mol. The summed E-state index contributed by atoms with van der Waals surface area (Å²) < 4.78 is 6.20. The standard InChI is InChI=1S/C11H21NO/c1-10(2)4-5-11(13-10)6-8-12(3)9-7-11/h4-9H2,1-3H3. The summed E-state index contributed by atoms with van der Waals surface area (Å²) in [6.07, 6.45) is 4.96. The number of ether oxygens (including phenoxy) is 1. The van der Waals surface area contributed by atoms with Gasteiger partial charge in [-0.15, -0.1) is 0 Å². The molecule has 2 heteroatoms. The van der Waals surface area contributed by atoms with E-state index >= 15 is 0 Å². The Kier molecular flexibility index (Phi) is 2.16. The van der Waals surface area contributed by atoms with Crippen LogP contribution in [0, 0.1) is 0 Å². The highest BCUT2D eigenvalue weighted by molar-refractivity contribution is 4.96. The monoisotopic (exact) mass is 183 g/mol. The molecule has 2 aliphatic heterocycles. The molecule has 0 aromatic heterocycles. The topological polar surface area (TPSA) is 12.5 Å². The summed E-state index contributed by atoms with van der Waals surface area (Å²) in [5.74, 6) is 0. The molecule has 2 heterocycles. The largest absolute Gasteiger partial charge is 0.369 e. The molecule has 2 saturated heterocycles. The van der Waals surface area contributed by atoms with E-state index < -0.39 is 0 Å². The van der Waals surface area contributed by atoms with E-state index in [9.17, 15) is 0 Å². The second-order valence-electron chi connectivity index (χ2n) is 5.35. The summed E-state index contributed by atoms with van der Waals surface area (Å²) in [5.41, 5.74) is 0.381. The van der Waals surface area contributed by atoms with Crippen LogP contribution in [0.2, 0.25) is 0 Å². The van der Waals surface area contributed by atoms with Gasteiger partial charge in [0.05, 0.1) is 11.2 Å². The molecule has 2 fully saturated rings. The quantitative estimate of drug-likeness (QED) is 0.570. The van der Waals surface area contributed by atoms with Crippen molar-refractivity contribution in [2.24, 2.45) is 0 Å². The van der Waals surface area contributed by atoms with Crippen molar-refractivity contribution in [3.05, 3.63) is 0 Å². The van der Waals surface area contributed by atoms with Crippen molar-refractivity contribution in [1.82, 2.24) is 4.90 Å². The maximum absolute atomic E-state index is 6.20. The fourth-order valence-corrected chi connectivity index (χ4v) is 2.60. The Morgan fingerprint density at radius 3 is 2.08 bits per heavy atom. The van der Waals surface area contributed by atoms with E-state index in [1.165, 1.54) is 38.8 Å². The van der Waals surface area contributed by atoms with Gasteiger partial charge in [-0.2, -0.15) is 0 Å². The molecule has 0 radical (unpaired) electrons. The summed E-state index contributed by atoms with van der Waals surface area (Å²) in [6, 6.07) is 0. The van der Waals surface area contributed by atoms with Gasteiger partial charge in [0.15, 0.2) is 0 Å². The maximum Gasteiger partial charge on any atom is 0.0715 e. The summed E-state index contributed by atoms with van der Waals surface area (Å²) in [5, 5.41) is 0. The number of rotatable bonds is 0. The van der Waals surface area contributed by atoms with Crippen LogP contribution >= 0.6 is 0 Å². The number of nitrogens with zero attached hydrogens (tertiary/aromatic N) is 1. The highest BCUT2D eigenvalue weighted by Gasteiger charge is 2.45. The Balaban J connectivity index is 2.00. The summed E-state index contributed by atoms with van der Waals surface area (Å²) in [4.78, 5) is 2.40. The Hall–Kier alpha value is -0.0800. The third-order valence-electron chi connectivity index (χ3n) is 3.57. The lowest BCUT2D eigenvalue weighted by Crippen LogP contribution is -2.43. The lowest BCUT2D eigenvalue weighted by Gasteiger charge is -2.38. The molecule has 2 aliphatic rings. The van der Waals surface area contributed by atoms with Gasteiger partial charge in [-0.25, -0.2) is 0 Å². The summed E-state index contributed by atoms with van der Waals surface area (Å²) in [7, 11) is 2.20. The lowest BCUT2D eigenvalue weighted by atomic mass is 9.88. The van der Waals surface area contributed by atoms with Crippen molar-refractivity contribution in [3.63, 3.8) is 0 Å². The van der Waals surface area contributed by atoms with Crippen molar-refractivity contribution >= 4 is 0 Å². The number of piperidine rings is 1. The molecule has 0 N–H and O–H groups in total. The minimum Gasteiger partial charge on any atom is -0.369 e. The molecular weight excluding hydrogens is 162 g/mol. The predicted octanol–water partition coefficient (Wildman–Crippen LogP) is 2.04. The third kappa shape index (κ3) is 1.89. The fourth-order valence-electron chi connectivity index (χ4n) is 2.60. The molecule has 2 nitrogen and oxygen atoms in total. The molecule has 0 aromatic rings. The van der Waals surface area contributed by atoms with Crippen LogP contribution in [0.25, 0.3) is 0 Å². The van der Waals surface area contributed by atoms with E-state index in [1.807, 2.05) is 0 Å². The molecule has 1 spiro atoms. The molecule has 0 atom stereocenters. The second kappa shape index (κ2) is 2.96. The zero-order valence-electron chi connectivity index (χ0n) is 9.10. The number of likely N-dealkylation sites (tertiary alicyclic amines) is 1. The average molecular weight is 183 g/mol. The van der Waals surface area contributed by atoms with Gasteiger partial charge < -0.3 is 9.64 Å². The van der Waals surface area contributed by atoms with Crippen LogP contribution in [0.15, 0.2) is 0 Å². The maximum atomic E-state index is 6.20. The van der Waals surface area contributed by atoms with Crippen molar-refractivity contribution in [2.75, 3.05) is 20.1 Å². The Bertz CT molecular complexity index is 192. The first-order valence-electron chi connectivity index (χ1n) is 5.40. The average Bonchev–Trinajstić information content (AvgIpc) is 2.35. The van der Waals surface area contributed by atoms with Crippen LogP contribution in [-0.4, -0.2) is 36.2 Å². The molecular formula is C11H21NO. The van der Waals surface area contributed by atoms with Gasteiger partial charge in [-0.05, 0) is 46.6 Å². The van der Waals surface area contributed by atoms with Crippen LogP contribution in [0.5, 0.6) is 0 Å². The first kappa shape index (κ1) is 9.47. The van der Waals surface area contributed by atoms with Crippen LogP contribution < -0.4 is 0 Å². The van der Waals surface area contributed by atoms with Crippen molar-refractivity contribution < 1.29 is 4.74 Å². The summed E-state index contributed by atoms with van der Waals surface area (Å²) >= 11 is 0. The van der Waals surface area contributed by atoms with Crippen LogP contribution in [0.1, 0.15) is 39.5 Å². The zero-order valence-corrected chi connectivity index (χ0v) is 9.10. The van der Waals surface area contributed by atoms with Crippen molar-refractivity contribution in [3.8, 4) is 0 Å². The van der Waals surface area contributed by atoms with E-state index in [1.54, 1.807) is 0 Å². The van der Waals surface area contributed by atoms with E-state index in [4.69, 9.17) is 4.74 Å². The number of hydrogen-bond donors (Lipinski definition) is 0. The van der Waals surface area contributed by atoms with E-state index in [2.05, 4.69) is 25.8 Å².